The number of likely N-dealkylation sites (tertiary alicyclic amines) is 1. The van der Waals surface area contributed by atoms with Gasteiger partial charge in [0, 0.05) is 69.8 Å². The summed E-state index contributed by atoms with van der Waals surface area (Å²) in [6, 6.07) is -0.478. The molecule has 6 rings (SSSR count). The number of hydrogen-bond donors (Lipinski definition) is 3. The number of carbonyl (C=O) groups is 1. The molecule has 0 aromatic rings. The zero-order valence-corrected chi connectivity index (χ0v) is 21.5. The highest BCUT2D eigenvalue weighted by molar-refractivity contribution is 5.66. The van der Waals surface area contributed by atoms with Crippen LogP contribution in [0.2, 0.25) is 0 Å². The number of rotatable bonds is 6. The molecule has 1 spiro atoms. The van der Waals surface area contributed by atoms with Gasteiger partial charge in [-0.25, -0.2) is 0 Å². The van der Waals surface area contributed by atoms with E-state index in [1.54, 1.807) is 21.3 Å². The van der Waals surface area contributed by atoms with Crippen LogP contribution in [0, 0.1) is 34.5 Å². The molecule has 7 bridgehead atoms. The van der Waals surface area contributed by atoms with Gasteiger partial charge in [0.2, 0.25) is 0 Å². The second-order valence-electron chi connectivity index (χ2n) is 12.3. The highest BCUT2D eigenvalue weighted by Crippen LogP contribution is 2.80. The Morgan fingerprint density at radius 2 is 1.91 bits per heavy atom. The fraction of sp³-hybridized carbons (Fsp3) is 0.962. The van der Waals surface area contributed by atoms with Crippen molar-refractivity contribution in [3.63, 3.8) is 0 Å². The van der Waals surface area contributed by atoms with E-state index in [-0.39, 0.29) is 35.7 Å². The predicted octanol–water partition coefficient (Wildman–Crippen LogP) is 0.188. The molecule has 1 saturated heterocycles. The summed E-state index contributed by atoms with van der Waals surface area (Å²) >= 11 is 0. The summed E-state index contributed by atoms with van der Waals surface area (Å²) in [5.74, 6) is -1.35. The molecule has 0 unspecified atom stereocenters. The van der Waals surface area contributed by atoms with Crippen LogP contribution in [0.15, 0.2) is 0 Å². The van der Waals surface area contributed by atoms with E-state index in [2.05, 4.69) is 11.8 Å². The molecule has 3 N–H and O–H groups in total. The Morgan fingerprint density at radius 1 is 1.17 bits per heavy atom. The van der Waals surface area contributed by atoms with Gasteiger partial charge in [0.05, 0.1) is 31.0 Å². The van der Waals surface area contributed by atoms with Gasteiger partial charge in [0.25, 0.3) is 0 Å². The summed E-state index contributed by atoms with van der Waals surface area (Å²) in [5, 5.41) is 37.7. The summed E-state index contributed by atoms with van der Waals surface area (Å²) in [6.07, 6.45) is -0.0360. The van der Waals surface area contributed by atoms with E-state index in [0.29, 0.717) is 26.0 Å². The molecule has 5 aliphatic carbocycles. The molecule has 13 atom stereocenters. The van der Waals surface area contributed by atoms with Crippen LogP contribution in [-0.2, 0) is 23.7 Å². The minimum absolute atomic E-state index is 0.0979. The Bertz CT molecular complexity index is 903. The third-order valence-electron chi connectivity index (χ3n) is 11.5. The smallest absolute Gasteiger partial charge is 0.302 e. The monoisotopic (exact) mass is 495 g/mol. The molecule has 0 aromatic carbocycles. The maximum Gasteiger partial charge on any atom is 0.302 e. The molecule has 9 nitrogen and oxygen atoms in total. The molecule has 9 heteroatoms. The van der Waals surface area contributed by atoms with Crippen molar-refractivity contribution in [1.29, 1.82) is 0 Å². The van der Waals surface area contributed by atoms with Gasteiger partial charge >= 0.3 is 5.97 Å². The van der Waals surface area contributed by atoms with E-state index in [4.69, 9.17) is 18.9 Å². The van der Waals surface area contributed by atoms with Crippen molar-refractivity contribution in [2.45, 2.75) is 81.2 Å². The topological polar surface area (TPSA) is 118 Å². The number of hydrogen-bond acceptors (Lipinski definition) is 9. The summed E-state index contributed by atoms with van der Waals surface area (Å²) in [5.41, 5.74) is -4.31. The molecule has 0 radical (unpaired) electrons. The van der Waals surface area contributed by atoms with Crippen LogP contribution in [0.5, 0.6) is 0 Å². The fourth-order valence-corrected chi connectivity index (χ4v) is 11.0. The summed E-state index contributed by atoms with van der Waals surface area (Å²) in [6.45, 7) is 5.36. The first-order valence-electron chi connectivity index (χ1n) is 13.2. The zero-order chi connectivity index (χ0) is 25.1. The SMILES string of the molecule is CCN1C[C@]2(COC)CC[C@H](O)[C@]34[C@@H]5C[C@H]6[C@H](OC(C)=O)[C@@H]5[C@](O)(C[C@@H]6OC)[C@](O)([C@H]13)[C@@H](OC)[C@H]24. The third-order valence-corrected chi connectivity index (χ3v) is 11.5. The Hall–Kier alpha value is -0.810. The lowest BCUT2D eigenvalue weighted by Crippen LogP contribution is -2.82. The zero-order valence-electron chi connectivity index (χ0n) is 21.5. The van der Waals surface area contributed by atoms with Gasteiger partial charge in [-0.15, -0.1) is 0 Å². The maximum atomic E-state index is 13.0. The number of piperidine rings is 1. The maximum absolute atomic E-state index is 13.0. The van der Waals surface area contributed by atoms with E-state index in [1.165, 1.54) is 6.92 Å². The molecule has 1 aliphatic heterocycles. The Morgan fingerprint density at radius 3 is 2.51 bits per heavy atom. The molecule has 5 saturated carbocycles. The predicted molar refractivity (Wildman–Crippen MR) is 123 cm³/mol. The number of nitrogens with zero attached hydrogens (tertiary/aromatic N) is 1. The van der Waals surface area contributed by atoms with Crippen LogP contribution in [0.25, 0.3) is 0 Å². The van der Waals surface area contributed by atoms with E-state index in [0.717, 1.165) is 13.0 Å². The Balaban J connectivity index is 1.65. The molecular formula is C26H41NO8. The average Bonchev–Trinajstić information content (AvgIpc) is 3.21. The van der Waals surface area contributed by atoms with Crippen molar-refractivity contribution in [1.82, 2.24) is 4.90 Å². The number of esters is 1. The minimum Gasteiger partial charge on any atom is -0.462 e. The van der Waals surface area contributed by atoms with Crippen molar-refractivity contribution in [3.8, 4) is 0 Å². The Kier molecular flexibility index (Phi) is 5.34. The number of aliphatic hydroxyl groups excluding tert-OH is 1. The number of carbonyl (C=O) groups excluding carboxylic acids is 1. The summed E-state index contributed by atoms with van der Waals surface area (Å²) in [7, 11) is 4.93. The first kappa shape index (κ1) is 24.5. The summed E-state index contributed by atoms with van der Waals surface area (Å²) in [4.78, 5) is 14.5. The number of ether oxygens (including phenoxy) is 4. The molecular weight excluding hydrogens is 454 g/mol. The van der Waals surface area contributed by atoms with Gasteiger partial charge in [0.1, 0.15) is 17.3 Å². The molecule has 198 valence electrons. The van der Waals surface area contributed by atoms with E-state index in [9.17, 15) is 20.1 Å². The number of likely N-dealkylation sites (N-methyl/N-ethyl adjacent to an activating group) is 1. The van der Waals surface area contributed by atoms with Crippen LogP contribution >= 0.6 is 0 Å². The summed E-state index contributed by atoms with van der Waals surface area (Å²) < 4.78 is 23.8. The number of methoxy groups -OCH3 is 3. The van der Waals surface area contributed by atoms with Crippen molar-refractivity contribution < 1.29 is 39.1 Å². The quantitative estimate of drug-likeness (QED) is 0.444. The highest BCUT2D eigenvalue weighted by atomic mass is 16.6. The van der Waals surface area contributed by atoms with Crippen LogP contribution in [0.4, 0.5) is 0 Å². The second-order valence-corrected chi connectivity index (χ2v) is 12.3. The van der Waals surface area contributed by atoms with Crippen LogP contribution in [-0.4, -0.2) is 109 Å². The van der Waals surface area contributed by atoms with Gasteiger partial charge < -0.3 is 34.3 Å². The lowest BCUT2D eigenvalue weighted by molar-refractivity contribution is -0.318. The standard InChI is InChI=1S/C26H41NO8/c1-6-27-11-23(12-32-3)8-7-17(29)25-15-9-14-16(33-4)10-24(30,18(15)19(14)35-13(2)28)26(31,22(25)27)21(34-5)20(23)25/h14-22,29-31H,6-12H2,1-5H3/t14-,15-,16+,17+,18-,19+,20-,21+,22-,23+,24-,25+,26-/m1/s1. The van der Waals surface area contributed by atoms with E-state index >= 15 is 0 Å². The van der Waals surface area contributed by atoms with Crippen molar-refractivity contribution in [3.05, 3.63) is 0 Å². The van der Waals surface area contributed by atoms with Crippen molar-refractivity contribution in [2.24, 2.45) is 34.5 Å². The van der Waals surface area contributed by atoms with Gasteiger partial charge in [-0.05, 0) is 31.7 Å². The molecule has 6 fully saturated rings. The average molecular weight is 496 g/mol. The van der Waals surface area contributed by atoms with Crippen molar-refractivity contribution >= 4 is 5.97 Å². The molecule has 0 amide bonds. The lowest BCUT2D eigenvalue weighted by Gasteiger charge is -2.69. The van der Waals surface area contributed by atoms with Crippen LogP contribution in [0.3, 0.4) is 0 Å². The van der Waals surface area contributed by atoms with E-state index < -0.39 is 52.9 Å². The van der Waals surface area contributed by atoms with E-state index in [1.807, 2.05) is 0 Å². The Labute approximate surface area is 207 Å². The van der Waals surface area contributed by atoms with Crippen molar-refractivity contribution in [2.75, 3.05) is 41.0 Å². The molecule has 6 aliphatic rings. The van der Waals surface area contributed by atoms with Crippen LogP contribution in [0.1, 0.15) is 39.5 Å². The lowest BCUT2D eigenvalue weighted by atomic mass is 9.42. The van der Waals surface area contributed by atoms with Gasteiger partial charge in [-0.1, -0.05) is 6.92 Å². The molecule has 0 aromatic heterocycles. The second kappa shape index (κ2) is 7.62. The van der Waals surface area contributed by atoms with Gasteiger partial charge in [0.15, 0.2) is 0 Å². The van der Waals surface area contributed by atoms with Gasteiger partial charge in [-0.3, -0.25) is 9.69 Å². The number of aliphatic hydroxyl groups is 3. The molecule has 1 heterocycles. The molecule has 35 heavy (non-hydrogen) atoms. The third kappa shape index (κ3) is 2.48. The number of fused-ring (bicyclic) bond motifs is 2. The first-order chi connectivity index (χ1) is 16.6. The normalized spacial score (nSPS) is 57.9. The largest absolute Gasteiger partial charge is 0.462 e. The fourth-order valence-electron chi connectivity index (χ4n) is 11.0. The van der Waals surface area contributed by atoms with Gasteiger partial charge in [-0.2, -0.15) is 0 Å². The van der Waals surface area contributed by atoms with Crippen LogP contribution < -0.4 is 0 Å². The highest BCUT2D eigenvalue weighted by Gasteiger charge is 2.91. The first-order valence-corrected chi connectivity index (χ1v) is 13.2. The minimum atomic E-state index is -1.67.